The van der Waals surface area contributed by atoms with E-state index in [1.54, 1.807) is 0 Å². The monoisotopic (exact) mass is 283 g/mol. The van der Waals surface area contributed by atoms with Crippen molar-refractivity contribution in [1.29, 1.82) is 0 Å². The number of aliphatic hydroxyl groups is 1. The van der Waals surface area contributed by atoms with E-state index in [0.717, 1.165) is 6.92 Å². The molecule has 0 saturated carbocycles. The van der Waals surface area contributed by atoms with E-state index in [4.69, 9.17) is 5.11 Å². The van der Waals surface area contributed by atoms with Gasteiger partial charge in [-0.05, 0) is 6.92 Å². The summed E-state index contributed by atoms with van der Waals surface area (Å²) in [5.74, 6) is -5.59. The second-order valence-corrected chi connectivity index (χ2v) is 2.88. The molecule has 0 unspecified atom stereocenters. The third kappa shape index (κ3) is 3.48. The molecule has 0 saturated heterocycles. The van der Waals surface area contributed by atoms with Crippen LogP contribution >= 0.6 is 0 Å². The number of alkyl halides is 6. The van der Waals surface area contributed by atoms with Gasteiger partial charge in [0.25, 0.3) is 0 Å². The SMILES string of the molecule is CCOC(=O)[C@](O)(NC(=O)C(F)(F)F)C(F)(F)F. The molecule has 0 radical (unpaired) electrons. The molecule has 0 bridgehead atoms. The molecule has 0 fully saturated rings. The Kier molecular flexibility index (Phi) is 4.58. The zero-order valence-corrected chi connectivity index (χ0v) is 8.65. The number of carbonyl (C=O) groups excluding carboxylic acids is 2. The van der Waals surface area contributed by atoms with Gasteiger partial charge in [-0.1, -0.05) is 0 Å². The number of esters is 1. The summed E-state index contributed by atoms with van der Waals surface area (Å²) in [6.07, 6.45) is -11.6. The lowest BCUT2D eigenvalue weighted by Crippen LogP contribution is -2.66. The number of hydrogen-bond acceptors (Lipinski definition) is 4. The van der Waals surface area contributed by atoms with Crippen LogP contribution in [0.5, 0.6) is 0 Å². The Balaban J connectivity index is 5.27. The molecule has 1 amide bonds. The smallest absolute Gasteiger partial charge is 0.462 e. The number of nitrogens with one attached hydrogen (secondary N) is 1. The maximum atomic E-state index is 12.3. The number of halogens is 6. The van der Waals surface area contributed by atoms with Gasteiger partial charge >= 0.3 is 30.0 Å². The van der Waals surface area contributed by atoms with E-state index in [9.17, 15) is 35.9 Å². The van der Waals surface area contributed by atoms with Gasteiger partial charge in [0.15, 0.2) is 0 Å². The molecule has 1 atom stereocenters. The average molecular weight is 283 g/mol. The Labute approximate surface area is 95.7 Å². The summed E-state index contributed by atoms with van der Waals surface area (Å²) in [5, 5.41) is 9.00. The first-order valence-corrected chi connectivity index (χ1v) is 4.22. The van der Waals surface area contributed by atoms with Crippen molar-refractivity contribution in [2.75, 3.05) is 6.61 Å². The van der Waals surface area contributed by atoms with Crippen molar-refractivity contribution in [1.82, 2.24) is 5.32 Å². The summed E-state index contributed by atoms with van der Waals surface area (Å²) < 4.78 is 76.0. The highest BCUT2D eigenvalue weighted by atomic mass is 19.4. The van der Waals surface area contributed by atoms with Gasteiger partial charge in [-0.25, -0.2) is 4.79 Å². The van der Waals surface area contributed by atoms with Crippen molar-refractivity contribution < 1.29 is 45.8 Å². The second kappa shape index (κ2) is 5.00. The van der Waals surface area contributed by atoms with Crippen LogP contribution in [0.1, 0.15) is 6.92 Å². The van der Waals surface area contributed by atoms with Gasteiger partial charge in [0.1, 0.15) is 0 Å². The standard InChI is InChI=1S/C7H7F6NO4/c1-2-18-4(16)5(17,7(11,12)13)14-3(15)6(8,9)10/h17H,2H2,1H3,(H,14,15)/t5-/m1/s1. The summed E-state index contributed by atoms with van der Waals surface area (Å²) in [4.78, 5) is 21.1. The van der Waals surface area contributed by atoms with Crippen LogP contribution in [-0.2, 0) is 14.3 Å². The molecule has 0 aromatic rings. The normalized spacial score (nSPS) is 15.8. The van der Waals surface area contributed by atoms with Crippen LogP contribution in [0.4, 0.5) is 26.3 Å². The molecule has 0 rings (SSSR count). The largest absolute Gasteiger partial charge is 0.471 e. The third-order valence-corrected chi connectivity index (χ3v) is 1.53. The van der Waals surface area contributed by atoms with Crippen LogP contribution in [0, 0.1) is 0 Å². The predicted molar refractivity (Wildman–Crippen MR) is 41.8 cm³/mol. The molecule has 0 aromatic heterocycles. The number of ether oxygens (including phenoxy) is 1. The minimum absolute atomic E-state index is 0.150. The van der Waals surface area contributed by atoms with E-state index in [-0.39, 0.29) is 5.32 Å². The van der Waals surface area contributed by atoms with E-state index in [1.807, 2.05) is 0 Å². The zero-order chi connectivity index (χ0) is 14.8. The summed E-state index contributed by atoms with van der Waals surface area (Å²) in [6.45, 7) is 0.416. The van der Waals surface area contributed by atoms with E-state index >= 15 is 0 Å². The second-order valence-electron chi connectivity index (χ2n) is 2.88. The molecule has 0 aliphatic rings. The first-order valence-electron chi connectivity index (χ1n) is 4.22. The van der Waals surface area contributed by atoms with Crippen LogP contribution < -0.4 is 5.32 Å². The molecule has 0 aliphatic heterocycles. The highest BCUT2D eigenvalue weighted by Crippen LogP contribution is 2.30. The quantitative estimate of drug-likeness (QED) is 0.449. The van der Waals surface area contributed by atoms with Crippen LogP contribution in [0.2, 0.25) is 0 Å². The number of rotatable bonds is 3. The molecule has 0 aromatic carbocycles. The average Bonchev–Trinajstić information content (AvgIpc) is 2.14. The molecule has 0 aliphatic carbocycles. The molecule has 11 heteroatoms. The summed E-state index contributed by atoms with van der Waals surface area (Å²) in [7, 11) is 0. The first kappa shape index (κ1) is 16.5. The Morgan fingerprint density at radius 2 is 1.61 bits per heavy atom. The fourth-order valence-electron chi connectivity index (χ4n) is 0.708. The number of amides is 1. The minimum Gasteiger partial charge on any atom is -0.462 e. The molecule has 5 nitrogen and oxygen atoms in total. The van der Waals surface area contributed by atoms with Crippen LogP contribution in [0.25, 0.3) is 0 Å². The molecule has 0 spiro atoms. The maximum Gasteiger partial charge on any atom is 0.471 e. The Hall–Kier alpha value is -1.52. The van der Waals surface area contributed by atoms with Crippen molar-refractivity contribution in [3.05, 3.63) is 0 Å². The van der Waals surface area contributed by atoms with Crippen molar-refractivity contribution in [3.8, 4) is 0 Å². The molecular weight excluding hydrogens is 276 g/mol. The van der Waals surface area contributed by atoms with E-state index in [2.05, 4.69) is 4.74 Å². The van der Waals surface area contributed by atoms with Gasteiger partial charge in [-0.2, -0.15) is 26.3 Å². The van der Waals surface area contributed by atoms with E-state index in [1.165, 1.54) is 0 Å². The lowest BCUT2D eigenvalue weighted by molar-refractivity contribution is -0.274. The number of hydrogen-bond donors (Lipinski definition) is 2. The highest BCUT2D eigenvalue weighted by Gasteiger charge is 2.64. The Morgan fingerprint density at radius 3 is 1.89 bits per heavy atom. The van der Waals surface area contributed by atoms with Crippen LogP contribution in [-0.4, -0.2) is 41.7 Å². The summed E-state index contributed by atoms with van der Waals surface area (Å²) in [5.41, 5.74) is -4.75. The summed E-state index contributed by atoms with van der Waals surface area (Å²) >= 11 is 0. The highest BCUT2D eigenvalue weighted by molar-refractivity contribution is 5.89. The topological polar surface area (TPSA) is 75.6 Å². The first-order chi connectivity index (χ1) is 7.86. The lowest BCUT2D eigenvalue weighted by Gasteiger charge is -2.28. The molecule has 0 heterocycles. The van der Waals surface area contributed by atoms with Crippen molar-refractivity contribution in [2.45, 2.75) is 25.0 Å². The fourth-order valence-corrected chi connectivity index (χ4v) is 0.708. The summed E-state index contributed by atoms with van der Waals surface area (Å²) in [6, 6.07) is 0. The molecule has 18 heavy (non-hydrogen) atoms. The zero-order valence-electron chi connectivity index (χ0n) is 8.65. The predicted octanol–water partition coefficient (Wildman–Crippen LogP) is 0.479. The van der Waals surface area contributed by atoms with Crippen molar-refractivity contribution >= 4 is 11.9 Å². The molecular formula is C7H7F6NO4. The molecule has 2 N–H and O–H groups in total. The van der Waals surface area contributed by atoms with E-state index < -0.39 is 36.6 Å². The van der Waals surface area contributed by atoms with Crippen molar-refractivity contribution in [2.24, 2.45) is 0 Å². The van der Waals surface area contributed by atoms with Crippen LogP contribution in [0.15, 0.2) is 0 Å². The fraction of sp³-hybridized carbons (Fsp3) is 0.714. The Morgan fingerprint density at radius 1 is 1.17 bits per heavy atom. The third-order valence-electron chi connectivity index (χ3n) is 1.53. The van der Waals surface area contributed by atoms with E-state index in [0.29, 0.717) is 0 Å². The Bertz CT molecular complexity index is 338. The van der Waals surface area contributed by atoms with Gasteiger partial charge in [0.2, 0.25) is 0 Å². The minimum atomic E-state index is -5.87. The van der Waals surface area contributed by atoms with Gasteiger partial charge in [-0.15, -0.1) is 0 Å². The van der Waals surface area contributed by atoms with Gasteiger partial charge < -0.3 is 15.2 Å². The number of carbonyl (C=O) groups is 2. The van der Waals surface area contributed by atoms with Gasteiger partial charge in [-0.3, -0.25) is 4.79 Å². The maximum absolute atomic E-state index is 12.3. The lowest BCUT2D eigenvalue weighted by atomic mass is 10.2. The van der Waals surface area contributed by atoms with Crippen molar-refractivity contribution in [3.63, 3.8) is 0 Å². The van der Waals surface area contributed by atoms with Gasteiger partial charge in [0, 0.05) is 0 Å². The molecule has 106 valence electrons. The van der Waals surface area contributed by atoms with Gasteiger partial charge in [0.05, 0.1) is 6.61 Å². The van der Waals surface area contributed by atoms with Crippen LogP contribution in [0.3, 0.4) is 0 Å².